The van der Waals surface area contributed by atoms with Crippen molar-refractivity contribution >= 4 is 15.8 Å². The predicted molar refractivity (Wildman–Crippen MR) is 66.3 cm³/mol. The number of hydrogen-bond donors (Lipinski definition) is 0. The lowest BCUT2D eigenvalue weighted by Gasteiger charge is -2.21. The fourth-order valence-electron chi connectivity index (χ4n) is 1.52. The third kappa shape index (κ3) is 2.90. The van der Waals surface area contributed by atoms with Crippen molar-refractivity contribution in [3.63, 3.8) is 0 Å². The van der Waals surface area contributed by atoms with Crippen LogP contribution in [-0.2, 0) is 20.1 Å². The van der Waals surface area contributed by atoms with Gasteiger partial charge >= 0.3 is 5.97 Å². The van der Waals surface area contributed by atoms with E-state index in [1.165, 1.54) is 10.9 Å². The minimum atomic E-state index is -3.57. The molecule has 0 unspecified atom stereocenters. The van der Waals surface area contributed by atoms with Crippen LogP contribution in [0.3, 0.4) is 0 Å². The van der Waals surface area contributed by atoms with Gasteiger partial charge < -0.3 is 4.74 Å². The summed E-state index contributed by atoms with van der Waals surface area (Å²) in [6, 6.07) is 0. The van der Waals surface area contributed by atoms with Crippen molar-refractivity contribution in [1.29, 1.82) is 0 Å². The highest BCUT2D eigenvalue weighted by Crippen LogP contribution is 2.23. The van der Waals surface area contributed by atoms with Crippen molar-refractivity contribution in [2.75, 3.05) is 12.9 Å². The average molecular weight is 274 g/mol. The van der Waals surface area contributed by atoms with Crippen LogP contribution >= 0.6 is 0 Å². The summed E-state index contributed by atoms with van der Waals surface area (Å²) in [4.78, 5) is 11.7. The number of nitrogens with zero attached hydrogens (tertiary/aromatic N) is 2. The van der Waals surface area contributed by atoms with Crippen molar-refractivity contribution in [3.05, 3.63) is 11.8 Å². The van der Waals surface area contributed by atoms with Gasteiger partial charge in [-0.25, -0.2) is 17.9 Å². The van der Waals surface area contributed by atoms with E-state index in [1.54, 1.807) is 6.92 Å². The van der Waals surface area contributed by atoms with Crippen molar-refractivity contribution in [3.8, 4) is 0 Å². The number of ether oxygens (including phenoxy) is 1. The molecule has 0 fully saturated rings. The second kappa shape index (κ2) is 4.72. The fraction of sp³-hybridized carbons (Fsp3) is 0.636. The lowest BCUT2D eigenvalue weighted by Crippen LogP contribution is -2.27. The summed E-state index contributed by atoms with van der Waals surface area (Å²) < 4.78 is 29.8. The maximum atomic E-state index is 11.8. The lowest BCUT2D eigenvalue weighted by molar-refractivity contribution is 0.0520. The number of carbonyl (C=O) groups excluding carboxylic acids is 1. The molecule has 0 aromatic carbocycles. The number of aromatic nitrogens is 2. The summed E-state index contributed by atoms with van der Waals surface area (Å²) in [5.41, 5.74) is -0.558. The van der Waals surface area contributed by atoms with Gasteiger partial charge in [-0.05, 0) is 27.7 Å². The summed E-state index contributed by atoms with van der Waals surface area (Å²) in [6.45, 7) is 7.27. The lowest BCUT2D eigenvalue weighted by atomic mass is 10.1. The number of carbonyl (C=O) groups is 1. The van der Waals surface area contributed by atoms with Crippen molar-refractivity contribution in [2.24, 2.45) is 0 Å². The summed E-state index contributed by atoms with van der Waals surface area (Å²) in [5, 5.41) is 3.89. The molecule has 1 aromatic rings. The Morgan fingerprint density at radius 3 is 2.39 bits per heavy atom. The summed E-state index contributed by atoms with van der Waals surface area (Å²) in [5.74, 6) is -0.673. The molecule has 18 heavy (non-hydrogen) atoms. The number of hydrogen-bond acceptors (Lipinski definition) is 5. The van der Waals surface area contributed by atoms with E-state index in [-0.39, 0.29) is 17.2 Å². The maximum absolute atomic E-state index is 11.8. The minimum Gasteiger partial charge on any atom is -0.462 e. The number of esters is 1. The van der Waals surface area contributed by atoms with Crippen molar-refractivity contribution < 1.29 is 17.9 Å². The van der Waals surface area contributed by atoms with Gasteiger partial charge in [-0.15, -0.1) is 0 Å². The van der Waals surface area contributed by atoms with Gasteiger partial charge in [0.25, 0.3) is 0 Å². The molecule has 1 aromatic heterocycles. The van der Waals surface area contributed by atoms with Gasteiger partial charge in [0.15, 0.2) is 14.9 Å². The Labute approximate surface area is 107 Å². The summed E-state index contributed by atoms with van der Waals surface area (Å²) in [7, 11) is -3.57. The van der Waals surface area contributed by atoms with Crippen molar-refractivity contribution in [2.45, 2.75) is 38.3 Å². The van der Waals surface area contributed by atoms with Gasteiger partial charge in [-0.3, -0.25) is 0 Å². The number of rotatable bonds is 3. The first-order valence-electron chi connectivity index (χ1n) is 5.54. The largest absolute Gasteiger partial charge is 0.462 e. The Hall–Kier alpha value is -1.37. The van der Waals surface area contributed by atoms with Gasteiger partial charge in [0, 0.05) is 6.26 Å². The Morgan fingerprint density at radius 2 is 2.00 bits per heavy atom. The molecule has 0 bridgehead atoms. The second-order valence-electron chi connectivity index (χ2n) is 4.94. The van der Waals surface area contributed by atoms with E-state index >= 15 is 0 Å². The molecule has 0 atom stereocenters. The van der Waals surface area contributed by atoms with Gasteiger partial charge in [-0.2, -0.15) is 5.10 Å². The van der Waals surface area contributed by atoms with Crippen LogP contribution < -0.4 is 0 Å². The van der Waals surface area contributed by atoms with E-state index in [0.717, 1.165) is 6.26 Å². The monoisotopic (exact) mass is 274 g/mol. The van der Waals surface area contributed by atoms with E-state index in [0.29, 0.717) is 0 Å². The summed E-state index contributed by atoms with van der Waals surface area (Å²) >= 11 is 0. The number of sulfone groups is 1. The Kier molecular flexibility index (Phi) is 3.85. The normalized spacial score (nSPS) is 12.5. The van der Waals surface area contributed by atoms with Gasteiger partial charge in [0.1, 0.15) is 5.56 Å². The molecule has 0 N–H and O–H groups in total. The maximum Gasteiger partial charge on any atom is 0.342 e. The quantitative estimate of drug-likeness (QED) is 0.774. The molecule has 0 aliphatic heterocycles. The molecule has 1 heterocycles. The zero-order chi connectivity index (χ0) is 14.1. The van der Waals surface area contributed by atoms with Crippen LogP contribution in [0.4, 0.5) is 0 Å². The molecule has 1 rings (SSSR count). The second-order valence-corrected chi connectivity index (χ2v) is 6.87. The molecule has 0 spiro atoms. The highest BCUT2D eigenvalue weighted by Gasteiger charge is 2.30. The highest BCUT2D eigenvalue weighted by atomic mass is 32.2. The molecule has 6 nitrogen and oxygen atoms in total. The predicted octanol–water partition coefficient (Wildman–Crippen LogP) is 1.22. The van der Waals surface area contributed by atoms with Crippen molar-refractivity contribution in [1.82, 2.24) is 9.78 Å². The SMILES string of the molecule is CCOC(=O)c1cnn(C(C)(C)C)c1S(C)(=O)=O. The van der Waals surface area contributed by atoms with Crippen LogP contribution in [0.1, 0.15) is 38.1 Å². The Bertz CT molecular complexity index is 552. The Balaban J connectivity index is 3.49. The molecule has 0 radical (unpaired) electrons. The topological polar surface area (TPSA) is 78.3 Å². The molecule has 0 saturated carbocycles. The zero-order valence-corrected chi connectivity index (χ0v) is 12.0. The molecule has 0 amide bonds. The van der Waals surface area contributed by atoms with Crippen LogP contribution in [0, 0.1) is 0 Å². The third-order valence-corrected chi connectivity index (χ3v) is 3.30. The zero-order valence-electron chi connectivity index (χ0n) is 11.2. The first kappa shape index (κ1) is 14.7. The smallest absolute Gasteiger partial charge is 0.342 e. The third-order valence-electron chi connectivity index (χ3n) is 2.21. The van der Waals surface area contributed by atoms with E-state index < -0.39 is 21.3 Å². The Morgan fingerprint density at radius 1 is 1.44 bits per heavy atom. The minimum absolute atomic E-state index is 0.0192. The standard InChI is InChI=1S/C11H18N2O4S/c1-6-17-10(14)8-7-12-13(11(2,3)4)9(8)18(5,15)16/h7H,6H2,1-5H3. The summed E-state index contributed by atoms with van der Waals surface area (Å²) in [6.07, 6.45) is 2.29. The van der Waals surface area contributed by atoms with Crippen LogP contribution in [0.25, 0.3) is 0 Å². The van der Waals surface area contributed by atoms with E-state index in [9.17, 15) is 13.2 Å². The van der Waals surface area contributed by atoms with Crippen LogP contribution in [0.5, 0.6) is 0 Å². The fourth-order valence-corrected chi connectivity index (χ4v) is 2.69. The highest BCUT2D eigenvalue weighted by molar-refractivity contribution is 7.90. The van der Waals surface area contributed by atoms with Crippen LogP contribution in [-0.4, -0.2) is 37.0 Å². The average Bonchev–Trinajstić information content (AvgIpc) is 2.60. The van der Waals surface area contributed by atoms with Crippen LogP contribution in [0.15, 0.2) is 11.2 Å². The van der Waals surface area contributed by atoms with Gasteiger partial charge in [0.2, 0.25) is 0 Å². The van der Waals surface area contributed by atoms with E-state index in [1.807, 2.05) is 20.8 Å². The van der Waals surface area contributed by atoms with E-state index in [4.69, 9.17) is 4.74 Å². The molecular weight excluding hydrogens is 256 g/mol. The molecule has 0 aliphatic carbocycles. The van der Waals surface area contributed by atoms with E-state index in [2.05, 4.69) is 5.10 Å². The van der Waals surface area contributed by atoms with Crippen LogP contribution in [0.2, 0.25) is 0 Å². The molecule has 7 heteroatoms. The molecule has 0 saturated heterocycles. The molecular formula is C11H18N2O4S. The van der Waals surface area contributed by atoms with Gasteiger partial charge in [-0.1, -0.05) is 0 Å². The first-order chi connectivity index (χ1) is 8.09. The van der Waals surface area contributed by atoms with Gasteiger partial charge in [0.05, 0.1) is 18.3 Å². The first-order valence-corrected chi connectivity index (χ1v) is 7.44. The molecule has 0 aliphatic rings. The molecule has 102 valence electrons.